The van der Waals surface area contributed by atoms with Gasteiger partial charge in [0.2, 0.25) is 0 Å². The highest BCUT2D eigenvalue weighted by Crippen LogP contribution is 2.33. The Balaban J connectivity index is 2.39. The fraction of sp³-hybridized carbons (Fsp3) is 0.286. The van der Waals surface area contributed by atoms with E-state index in [9.17, 15) is 0 Å². The average molecular weight is 184 g/mol. The molecule has 0 spiro atoms. The minimum Gasteiger partial charge on any atom is -0.0831 e. The van der Waals surface area contributed by atoms with Crippen molar-refractivity contribution in [1.82, 2.24) is 0 Å². The summed E-state index contributed by atoms with van der Waals surface area (Å²) in [5.74, 6) is 0. The fourth-order valence-corrected chi connectivity index (χ4v) is 2.12. The summed E-state index contributed by atoms with van der Waals surface area (Å²) in [6, 6.07) is 10.7. The minimum absolute atomic E-state index is 0.195. The molecule has 0 N–H and O–H groups in total. The molecule has 2 rings (SSSR count). The molecule has 0 aliphatic heterocycles. The normalized spacial score (nSPS) is 26.0. The highest BCUT2D eigenvalue weighted by molar-refractivity contribution is 5.37. The van der Waals surface area contributed by atoms with Gasteiger partial charge in [-0.25, -0.2) is 0 Å². The van der Waals surface area contributed by atoms with Crippen LogP contribution in [0, 0.1) is 0 Å². The van der Waals surface area contributed by atoms with Crippen molar-refractivity contribution in [1.29, 1.82) is 0 Å². The van der Waals surface area contributed by atoms with Crippen molar-refractivity contribution in [2.75, 3.05) is 0 Å². The molecule has 0 amide bonds. The van der Waals surface area contributed by atoms with Crippen molar-refractivity contribution in [2.45, 2.75) is 25.7 Å². The molecule has 0 fully saturated rings. The van der Waals surface area contributed by atoms with Crippen molar-refractivity contribution in [3.8, 4) is 0 Å². The van der Waals surface area contributed by atoms with Gasteiger partial charge >= 0.3 is 0 Å². The topological polar surface area (TPSA) is 0 Å². The quantitative estimate of drug-likeness (QED) is 0.622. The summed E-state index contributed by atoms with van der Waals surface area (Å²) in [6.07, 6.45) is 7.93. The van der Waals surface area contributed by atoms with Crippen LogP contribution in [0.15, 0.2) is 54.1 Å². The Bertz CT molecular complexity index is 370. The van der Waals surface area contributed by atoms with E-state index >= 15 is 0 Å². The van der Waals surface area contributed by atoms with E-state index < -0.39 is 0 Å². The van der Waals surface area contributed by atoms with Gasteiger partial charge in [-0.05, 0) is 18.9 Å². The molecule has 0 saturated heterocycles. The van der Waals surface area contributed by atoms with E-state index in [1.807, 2.05) is 0 Å². The van der Waals surface area contributed by atoms with Crippen LogP contribution in [0.25, 0.3) is 0 Å². The molecule has 0 heteroatoms. The van der Waals surface area contributed by atoms with Crippen LogP contribution in [0.2, 0.25) is 0 Å². The van der Waals surface area contributed by atoms with Crippen molar-refractivity contribution in [3.63, 3.8) is 0 Å². The molecule has 0 saturated carbocycles. The number of hydrogen-bond donors (Lipinski definition) is 0. The SMILES string of the molecule is CC1=CC(C)(c2ccccc2)CC=C1. The molecule has 1 atom stereocenters. The number of benzene rings is 1. The van der Waals surface area contributed by atoms with Crippen LogP contribution in [0.3, 0.4) is 0 Å². The second-order valence-corrected chi connectivity index (χ2v) is 4.28. The maximum Gasteiger partial charge on any atom is 0.0144 e. The first kappa shape index (κ1) is 9.26. The lowest BCUT2D eigenvalue weighted by molar-refractivity contribution is 0.595. The molecule has 1 unspecified atom stereocenters. The van der Waals surface area contributed by atoms with Gasteiger partial charge in [-0.2, -0.15) is 0 Å². The summed E-state index contributed by atoms with van der Waals surface area (Å²) in [5, 5.41) is 0. The molecule has 72 valence electrons. The highest BCUT2D eigenvalue weighted by atomic mass is 14.3. The molecule has 14 heavy (non-hydrogen) atoms. The van der Waals surface area contributed by atoms with Gasteiger partial charge in [0.1, 0.15) is 0 Å². The Labute approximate surface area is 86.0 Å². The predicted molar refractivity (Wildman–Crippen MR) is 61.3 cm³/mol. The summed E-state index contributed by atoms with van der Waals surface area (Å²) >= 11 is 0. The number of allylic oxidation sites excluding steroid dienone is 4. The van der Waals surface area contributed by atoms with Crippen molar-refractivity contribution in [3.05, 3.63) is 59.7 Å². The summed E-state index contributed by atoms with van der Waals surface area (Å²) in [5.41, 5.74) is 2.96. The second-order valence-electron chi connectivity index (χ2n) is 4.28. The first-order valence-corrected chi connectivity index (χ1v) is 5.12. The van der Waals surface area contributed by atoms with E-state index in [0.29, 0.717) is 0 Å². The molecule has 0 heterocycles. The molecule has 0 bridgehead atoms. The van der Waals surface area contributed by atoms with Gasteiger partial charge in [-0.15, -0.1) is 0 Å². The molecule has 0 radical (unpaired) electrons. The number of hydrogen-bond acceptors (Lipinski definition) is 0. The Kier molecular flexibility index (Phi) is 2.28. The minimum atomic E-state index is 0.195. The average Bonchev–Trinajstić information content (AvgIpc) is 2.19. The highest BCUT2D eigenvalue weighted by Gasteiger charge is 2.23. The first-order chi connectivity index (χ1) is 6.71. The second kappa shape index (κ2) is 3.45. The van der Waals surface area contributed by atoms with Crippen molar-refractivity contribution in [2.24, 2.45) is 0 Å². The summed E-state index contributed by atoms with van der Waals surface area (Å²) in [4.78, 5) is 0. The van der Waals surface area contributed by atoms with Crippen LogP contribution in [-0.2, 0) is 5.41 Å². The third-order valence-electron chi connectivity index (χ3n) is 2.90. The summed E-state index contributed by atoms with van der Waals surface area (Å²) < 4.78 is 0. The fourth-order valence-electron chi connectivity index (χ4n) is 2.12. The maximum atomic E-state index is 2.36. The van der Waals surface area contributed by atoms with Crippen LogP contribution >= 0.6 is 0 Å². The summed E-state index contributed by atoms with van der Waals surface area (Å²) in [6.45, 7) is 4.46. The van der Waals surface area contributed by atoms with Gasteiger partial charge in [0.25, 0.3) is 0 Å². The van der Waals surface area contributed by atoms with Crippen LogP contribution in [0.4, 0.5) is 0 Å². The standard InChI is InChI=1S/C14H16/c1-12-7-6-10-14(2,11-12)13-8-4-3-5-9-13/h3-9,11H,10H2,1-2H3. The van der Waals surface area contributed by atoms with E-state index in [0.717, 1.165) is 6.42 Å². The lowest BCUT2D eigenvalue weighted by atomic mass is 9.76. The van der Waals surface area contributed by atoms with Crippen molar-refractivity contribution < 1.29 is 0 Å². The zero-order valence-corrected chi connectivity index (χ0v) is 8.83. The van der Waals surface area contributed by atoms with Crippen LogP contribution in [0.5, 0.6) is 0 Å². The first-order valence-electron chi connectivity index (χ1n) is 5.12. The van der Waals surface area contributed by atoms with E-state index in [-0.39, 0.29) is 5.41 Å². The van der Waals surface area contributed by atoms with Gasteiger partial charge in [-0.3, -0.25) is 0 Å². The molecular weight excluding hydrogens is 168 g/mol. The van der Waals surface area contributed by atoms with E-state index in [1.54, 1.807) is 0 Å². The molecule has 1 aliphatic carbocycles. The summed E-state index contributed by atoms with van der Waals surface area (Å²) in [7, 11) is 0. The van der Waals surface area contributed by atoms with E-state index in [4.69, 9.17) is 0 Å². The smallest absolute Gasteiger partial charge is 0.0144 e. The Morgan fingerprint density at radius 2 is 1.86 bits per heavy atom. The molecule has 0 nitrogen and oxygen atoms in total. The number of rotatable bonds is 1. The lowest BCUT2D eigenvalue weighted by Crippen LogP contribution is -2.20. The molecule has 1 aliphatic rings. The third-order valence-corrected chi connectivity index (χ3v) is 2.90. The molecule has 1 aromatic carbocycles. The van der Waals surface area contributed by atoms with Crippen LogP contribution < -0.4 is 0 Å². The molecule has 0 aromatic heterocycles. The third kappa shape index (κ3) is 1.65. The molecular formula is C14H16. The largest absolute Gasteiger partial charge is 0.0831 e. The zero-order valence-electron chi connectivity index (χ0n) is 8.83. The lowest BCUT2D eigenvalue weighted by Gasteiger charge is -2.28. The molecule has 1 aromatic rings. The van der Waals surface area contributed by atoms with Gasteiger partial charge in [0, 0.05) is 5.41 Å². The maximum absolute atomic E-state index is 2.36. The van der Waals surface area contributed by atoms with Crippen LogP contribution in [0.1, 0.15) is 25.8 Å². The van der Waals surface area contributed by atoms with Gasteiger partial charge in [0.05, 0.1) is 0 Å². The van der Waals surface area contributed by atoms with E-state index in [1.165, 1.54) is 11.1 Å². The van der Waals surface area contributed by atoms with E-state index in [2.05, 4.69) is 62.4 Å². The van der Waals surface area contributed by atoms with Crippen molar-refractivity contribution >= 4 is 0 Å². The van der Waals surface area contributed by atoms with Gasteiger partial charge in [-0.1, -0.05) is 61.1 Å². The predicted octanol–water partition coefficient (Wildman–Crippen LogP) is 3.85. The van der Waals surface area contributed by atoms with Gasteiger partial charge in [0.15, 0.2) is 0 Å². The monoisotopic (exact) mass is 184 g/mol. The Hall–Kier alpha value is -1.30. The zero-order chi connectivity index (χ0) is 10.0. The van der Waals surface area contributed by atoms with Gasteiger partial charge < -0.3 is 0 Å². The Morgan fingerprint density at radius 3 is 2.50 bits per heavy atom. The van der Waals surface area contributed by atoms with Crippen LogP contribution in [-0.4, -0.2) is 0 Å². The Morgan fingerprint density at radius 1 is 1.14 bits per heavy atom.